The van der Waals surface area contributed by atoms with E-state index in [9.17, 15) is 4.79 Å². The molecule has 1 amide bonds. The normalized spacial score (nSPS) is 12.6. The Kier molecular flexibility index (Phi) is 5.90. The third-order valence-corrected chi connectivity index (χ3v) is 1.79. The van der Waals surface area contributed by atoms with Gasteiger partial charge in [-0.1, -0.05) is 26.7 Å². The zero-order chi connectivity index (χ0) is 8.69. The van der Waals surface area contributed by atoms with Crippen molar-refractivity contribution in [3.05, 3.63) is 0 Å². The summed E-state index contributed by atoms with van der Waals surface area (Å²) in [5.41, 5.74) is 0. The average Bonchev–Trinajstić information content (AvgIpc) is 1.87. The van der Waals surface area contributed by atoms with Crippen LogP contribution in [0.5, 0.6) is 0 Å². The van der Waals surface area contributed by atoms with Crippen LogP contribution in [-0.2, 0) is 4.79 Å². The predicted molar refractivity (Wildman–Crippen MR) is 47.4 cm³/mol. The van der Waals surface area contributed by atoms with E-state index in [4.69, 9.17) is 0 Å². The lowest BCUT2D eigenvalue weighted by Gasteiger charge is -2.09. The van der Waals surface area contributed by atoms with Crippen LogP contribution in [0.3, 0.4) is 0 Å². The van der Waals surface area contributed by atoms with Crippen molar-refractivity contribution in [1.82, 2.24) is 5.32 Å². The third kappa shape index (κ3) is 7.37. The van der Waals surface area contributed by atoms with Gasteiger partial charge < -0.3 is 5.32 Å². The summed E-state index contributed by atoms with van der Waals surface area (Å²) in [7, 11) is 0. The fourth-order valence-electron chi connectivity index (χ4n) is 1.13. The van der Waals surface area contributed by atoms with Gasteiger partial charge in [-0.2, -0.15) is 0 Å². The van der Waals surface area contributed by atoms with Gasteiger partial charge in [0.05, 0.1) is 0 Å². The van der Waals surface area contributed by atoms with E-state index < -0.39 is 0 Å². The minimum absolute atomic E-state index is 0.0775. The molecule has 0 unspecified atom stereocenters. The summed E-state index contributed by atoms with van der Waals surface area (Å²) in [6.07, 6.45) is 3.61. The summed E-state index contributed by atoms with van der Waals surface area (Å²) in [6.45, 7) is 6.81. The molecular formula is C9H19NO. The molecule has 0 heterocycles. The zero-order valence-corrected chi connectivity index (χ0v) is 7.81. The van der Waals surface area contributed by atoms with E-state index in [1.807, 2.05) is 0 Å². The van der Waals surface area contributed by atoms with E-state index in [-0.39, 0.29) is 5.91 Å². The molecular weight excluding hydrogens is 138 g/mol. The number of nitrogens with one attached hydrogen (secondary N) is 1. The first-order valence-corrected chi connectivity index (χ1v) is 4.41. The Morgan fingerprint density at radius 1 is 1.45 bits per heavy atom. The molecule has 0 aromatic carbocycles. The second-order valence-electron chi connectivity index (χ2n) is 3.17. The Bertz CT molecular complexity index is 112. The zero-order valence-electron chi connectivity index (χ0n) is 7.81. The highest BCUT2D eigenvalue weighted by atomic mass is 16.1. The third-order valence-electron chi connectivity index (χ3n) is 1.79. The van der Waals surface area contributed by atoms with Gasteiger partial charge in [0.2, 0.25) is 5.91 Å². The second-order valence-corrected chi connectivity index (χ2v) is 3.17. The molecule has 0 saturated heterocycles. The molecule has 0 rings (SSSR count). The topological polar surface area (TPSA) is 29.1 Å². The Hall–Kier alpha value is -0.530. The molecule has 11 heavy (non-hydrogen) atoms. The van der Waals surface area contributed by atoms with Crippen LogP contribution in [-0.4, -0.2) is 12.5 Å². The van der Waals surface area contributed by atoms with Gasteiger partial charge in [-0.05, 0) is 12.3 Å². The maximum atomic E-state index is 10.5. The summed E-state index contributed by atoms with van der Waals surface area (Å²) in [5, 5.41) is 2.80. The second kappa shape index (κ2) is 6.20. The molecule has 2 heteroatoms. The predicted octanol–water partition coefficient (Wildman–Crippen LogP) is 1.95. The van der Waals surface area contributed by atoms with Crippen molar-refractivity contribution in [2.24, 2.45) is 5.92 Å². The first-order chi connectivity index (χ1) is 5.16. The number of carbonyl (C=O) groups excluding carboxylic acids is 1. The smallest absolute Gasteiger partial charge is 0.216 e. The highest BCUT2D eigenvalue weighted by Gasteiger charge is 1.99. The van der Waals surface area contributed by atoms with Crippen LogP contribution >= 0.6 is 0 Å². The monoisotopic (exact) mass is 157 g/mol. The van der Waals surface area contributed by atoms with E-state index in [0.29, 0.717) is 0 Å². The Morgan fingerprint density at radius 3 is 2.55 bits per heavy atom. The van der Waals surface area contributed by atoms with Crippen LogP contribution in [0, 0.1) is 5.92 Å². The molecule has 0 aliphatic rings. The lowest BCUT2D eigenvalue weighted by atomic mass is 10.0. The number of hydrogen-bond donors (Lipinski definition) is 1. The molecule has 66 valence electrons. The maximum absolute atomic E-state index is 10.5. The molecule has 0 saturated carbocycles. The maximum Gasteiger partial charge on any atom is 0.216 e. The van der Waals surface area contributed by atoms with E-state index in [0.717, 1.165) is 18.9 Å². The molecule has 0 fully saturated rings. The lowest BCUT2D eigenvalue weighted by molar-refractivity contribution is -0.118. The lowest BCUT2D eigenvalue weighted by Crippen LogP contribution is -2.22. The van der Waals surface area contributed by atoms with Gasteiger partial charge in [0.25, 0.3) is 0 Å². The largest absolute Gasteiger partial charge is 0.356 e. The van der Waals surface area contributed by atoms with Crippen LogP contribution in [0.1, 0.15) is 40.0 Å². The van der Waals surface area contributed by atoms with Gasteiger partial charge in [-0.25, -0.2) is 0 Å². The summed E-state index contributed by atoms with van der Waals surface area (Å²) >= 11 is 0. The molecule has 0 aliphatic heterocycles. The van der Waals surface area contributed by atoms with Crippen LogP contribution in [0.2, 0.25) is 0 Å². The van der Waals surface area contributed by atoms with Crippen LogP contribution in [0.25, 0.3) is 0 Å². The minimum atomic E-state index is 0.0775. The Labute approximate surface area is 69.4 Å². The van der Waals surface area contributed by atoms with Crippen molar-refractivity contribution < 1.29 is 4.79 Å². The van der Waals surface area contributed by atoms with Crippen molar-refractivity contribution >= 4 is 5.91 Å². The van der Waals surface area contributed by atoms with Crippen LogP contribution in [0.15, 0.2) is 0 Å². The molecule has 0 spiro atoms. The van der Waals surface area contributed by atoms with Crippen molar-refractivity contribution in [3.63, 3.8) is 0 Å². The van der Waals surface area contributed by atoms with E-state index in [1.54, 1.807) is 6.92 Å². The summed E-state index contributed by atoms with van der Waals surface area (Å²) in [6, 6.07) is 0. The molecule has 1 atom stereocenters. The van der Waals surface area contributed by atoms with Crippen molar-refractivity contribution in [2.45, 2.75) is 40.0 Å². The highest BCUT2D eigenvalue weighted by molar-refractivity contribution is 5.72. The Balaban J connectivity index is 3.16. The molecule has 0 bridgehead atoms. The van der Waals surface area contributed by atoms with E-state index >= 15 is 0 Å². The summed E-state index contributed by atoms with van der Waals surface area (Å²) < 4.78 is 0. The molecule has 0 aliphatic carbocycles. The van der Waals surface area contributed by atoms with Crippen molar-refractivity contribution in [3.8, 4) is 0 Å². The van der Waals surface area contributed by atoms with Gasteiger partial charge in [0.15, 0.2) is 0 Å². The molecule has 2 nitrogen and oxygen atoms in total. The highest BCUT2D eigenvalue weighted by Crippen LogP contribution is 2.07. The summed E-state index contributed by atoms with van der Waals surface area (Å²) in [5.74, 6) is 0.820. The van der Waals surface area contributed by atoms with Crippen molar-refractivity contribution in [1.29, 1.82) is 0 Å². The minimum Gasteiger partial charge on any atom is -0.356 e. The van der Waals surface area contributed by atoms with Crippen molar-refractivity contribution in [2.75, 3.05) is 6.54 Å². The van der Waals surface area contributed by atoms with Gasteiger partial charge in [-0.15, -0.1) is 0 Å². The van der Waals surface area contributed by atoms with Gasteiger partial charge >= 0.3 is 0 Å². The van der Waals surface area contributed by atoms with E-state index in [2.05, 4.69) is 19.2 Å². The number of carbonyl (C=O) groups is 1. The number of hydrogen-bond acceptors (Lipinski definition) is 1. The summed E-state index contributed by atoms with van der Waals surface area (Å²) in [4.78, 5) is 10.5. The van der Waals surface area contributed by atoms with E-state index in [1.165, 1.54) is 12.8 Å². The van der Waals surface area contributed by atoms with Crippen LogP contribution in [0.4, 0.5) is 0 Å². The molecule has 1 N–H and O–H groups in total. The standard InChI is InChI=1S/C9H19NO/c1-4-5-8(2)6-7-10-9(3)11/h8H,4-7H2,1-3H3,(H,10,11)/t8-/m0/s1. The molecule has 0 aromatic heterocycles. The average molecular weight is 157 g/mol. The fraction of sp³-hybridized carbons (Fsp3) is 0.889. The number of rotatable bonds is 5. The quantitative estimate of drug-likeness (QED) is 0.649. The first kappa shape index (κ1) is 10.5. The SMILES string of the molecule is CCC[C@H](C)CCNC(C)=O. The fourth-order valence-corrected chi connectivity index (χ4v) is 1.13. The Morgan fingerprint density at radius 2 is 2.09 bits per heavy atom. The molecule has 0 aromatic rings. The van der Waals surface area contributed by atoms with Gasteiger partial charge in [0, 0.05) is 13.5 Å². The first-order valence-electron chi connectivity index (χ1n) is 4.41. The molecule has 0 radical (unpaired) electrons. The van der Waals surface area contributed by atoms with Gasteiger partial charge in [0.1, 0.15) is 0 Å². The van der Waals surface area contributed by atoms with Gasteiger partial charge in [-0.3, -0.25) is 4.79 Å². The number of amides is 1. The van der Waals surface area contributed by atoms with Crippen LogP contribution < -0.4 is 5.32 Å².